The van der Waals surface area contributed by atoms with Crippen molar-refractivity contribution in [1.82, 2.24) is 0 Å². The summed E-state index contributed by atoms with van der Waals surface area (Å²) in [4.78, 5) is 0. The van der Waals surface area contributed by atoms with Crippen molar-refractivity contribution in [2.45, 2.75) is 6.10 Å². The predicted octanol–water partition coefficient (Wildman–Crippen LogP) is 2.65. The number of nitrogens with one attached hydrogen (secondary N) is 1. The Morgan fingerprint density at radius 3 is 2.80 bits per heavy atom. The Morgan fingerprint density at radius 2 is 1.93 bits per heavy atom. The van der Waals surface area contributed by atoms with Gasteiger partial charge in [0.25, 0.3) is 0 Å². The summed E-state index contributed by atoms with van der Waals surface area (Å²) in [6, 6.07) is 14.7. The van der Waals surface area contributed by atoms with Crippen molar-refractivity contribution in [2.24, 2.45) is 0 Å². The molecule has 2 nitrogen and oxygen atoms in total. The molecule has 0 radical (unpaired) electrons. The van der Waals surface area contributed by atoms with E-state index in [9.17, 15) is 0 Å². The fourth-order valence-electron chi connectivity index (χ4n) is 1.79. The van der Waals surface area contributed by atoms with Gasteiger partial charge in [-0.2, -0.15) is 0 Å². The maximum atomic E-state index is 5.18. The average molecular weight is 199 g/mol. The van der Waals surface area contributed by atoms with Crippen LogP contribution in [0.25, 0.3) is 10.8 Å². The summed E-state index contributed by atoms with van der Waals surface area (Å²) >= 11 is 0. The molecule has 1 heterocycles. The lowest BCUT2D eigenvalue weighted by Gasteiger charge is -2.07. The molecule has 0 bridgehead atoms. The maximum Gasteiger partial charge on any atom is 0.0981 e. The Labute approximate surface area is 88.9 Å². The Bertz CT molecular complexity index is 471. The molecule has 1 saturated heterocycles. The van der Waals surface area contributed by atoms with Crippen LogP contribution in [0.1, 0.15) is 0 Å². The number of benzene rings is 2. The van der Waals surface area contributed by atoms with Gasteiger partial charge in [-0.3, -0.25) is 0 Å². The first kappa shape index (κ1) is 8.74. The highest BCUT2D eigenvalue weighted by atomic mass is 16.6. The minimum absolute atomic E-state index is 0.420. The number of rotatable bonds is 3. The molecular weight excluding hydrogens is 186 g/mol. The van der Waals surface area contributed by atoms with Crippen LogP contribution in [-0.4, -0.2) is 19.3 Å². The number of hydrogen-bond acceptors (Lipinski definition) is 2. The highest BCUT2D eigenvalue weighted by Crippen LogP contribution is 2.23. The van der Waals surface area contributed by atoms with Crippen molar-refractivity contribution >= 4 is 16.5 Å². The molecule has 0 amide bonds. The van der Waals surface area contributed by atoms with Gasteiger partial charge in [-0.25, -0.2) is 0 Å². The van der Waals surface area contributed by atoms with E-state index in [0.717, 1.165) is 13.2 Å². The summed E-state index contributed by atoms with van der Waals surface area (Å²) in [6.07, 6.45) is 0.420. The lowest BCUT2D eigenvalue weighted by molar-refractivity contribution is 0.417. The molecule has 3 rings (SSSR count). The van der Waals surface area contributed by atoms with Crippen LogP contribution in [0.4, 0.5) is 5.69 Å². The summed E-state index contributed by atoms with van der Waals surface area (Å²) < 4.78 is 5.18. The molecule has 1 unspecified atom stereocenters. The summed E-state index contributed by atoms with van der Waals surface area (Å²) in [5, 5.41) is 5.98. The zero-order valence-corrected chi connectivity index (χ0v) is 8.44. The molecule has 76 valence electrons. The van der Waals surface area contributed by atoms with E-state index in [-0.39, 0.29) is 0 Å². The van der Waals surface area contributed by atoms with Crippen LogP contribution in [0.5, 0.6) is 0 Å². The molecule has 0 aliphatic carbocycles. The number of epoxide rings is 1. The van der Waals surface area contributed by atoms with Gasteiger partial charge >= 0.3 is 0 Å². The average Bonchev–Trinajstić information content (AvgIpc) is 3.10. The van der Waals surface area contributed by atoms with Crippen LogP contribution in [0.2, 0.25) is 0 Å². The molecule has 0 spiro atoms. The zero-order chi connectivity index (χ0) is 10.1. The fraction of sp³-hybridized carbons (Fsp3) is 0.231. The van der Waals surface area contributed by atoms with Crippen LogP contribution in [-0.2, 0) is 4.74 Å². The minimum Gasteiger partial charge on any atom is -0.382 e. The SMILES string of the molecule is c1ccc2c(NCC3CO3)cccc2c1. The van der Waals surface area contributed by atoms with Crippen LogP contribution < -0.4 is 5.32 Å². The van der Waals surface area contributed by atoms with E-state index < -0.39 is 0 Å². The van der Waals surface area contributed by atoms with Crippen molar-refractivity contribution in [1.29, 1.82) is 0 Å². The first-order valence-corrected chi connectivity index (χ1v) is 5.27. The molecule has 2 aromatic carbocycles. The van der Waals surface area contributed by atoms with E-state index in [1.807, 2.05) is 0 Å². The Morgan fingerprint density at radius 1 is 1.13 bits per heavy atom. The van der Waals surface area contributed by atoms with Gasteiger partial charge in [0.1, 0.15) is 0 Å². The molecule has 15 heavy (non-hydrogen) atoms. The molecule has 0 saturated carbocycles. The monoisotopic (exact) mass is 199 g/mol. The van der Waals surface area contributed by atoms with Crippen molar-refractivity contribution in [3.63, 3.8) is 0 Å². The molecule has 1 atom stereocenters. The van der Waals surface area contributed by atoms with Crippen molar-refractivity contribution in [2.75, 3.05) is 18.5 Å². The van der Waals surface area contributed by atoms with E-state index >= 15 is 0 Å². The highest BCUT2D eigenvalue weighted by molar-refractivity contribution is 5.93. The third-order valence-corrected chi connectivity index (χ3v) is 2.71. The first-order chi connectivity index (χ1) is 7.43. The number of hydrogen-bond donors (Lipinski definition) is 1. The van der Waals surface area contributed by atoms with Crippen molar-refractivity contribution in [3.05, 3.63) is 42.5 Å². The zero-order valence-electron chi connectivity index (χ0n) is 8.44. The molecule has 1 fully saturated rings. The lowest BCUT2D eigenvalue weighted by Crippen LogP contribution is -2.07. The summed E-state index contributed by atoms with van der Waals surface area (Å²) in [5.74, 6) is 0. The summed E-state index contributed by atoms with van der Waals surface area (Å²) in [5.41, 5.74) is 1.20. The fourth-order valence-corrected chi connectivity index (χ4v) is 1.79. The second-order valence-electron chi connectivity index (χ2n) is 3.86. The second-order valence-corrected chi connectivity index (χ2v) is 3.86. The molecule has 2 heteroatoms. The standard InChI is InChI=1S/C13H13NO/c1-2-6-12-10(4-1)5-3-7-13(12)14-8-11-9-15-11/h1-7,11,14H,8-9H2. The normalized spacial score (nSPS) is 19.1. The van der Waals surface area contributed by atoms with E-state index in [2.05, 4.69) is 47.8 Å². The van der Waals surface area contributed by atoms with Crippen molar-refractivity contribution < 1.29 is 4.74 Å². The molecule has 1 aliphatic heterocycles. The van der Waals surface area contributed by atoms with Crippen LogP contribution >= 0.6 is 0 Å². The van der Waals surface area contributed by atoms with Gasteiger partial charge in [0.15, 0.2) is 0 Å². The van der Waals surface area contributed by atoms with Gasteiger partial charge < -0.3 is 10.1 Å². The Hall–Kier alpha value is -1.54. The quantitative estimate of drug-likeness (QED) is 0.768. The third kappa shape index (κ3) is 1.81. The maximum absolute atomic E-state index is 5.18. The number of fused-ring (bicyclic) bond motifs is 1. The molecule has 1 N–H and O–H groups in total. The van der Waals surface area contributed by atoms with E-state index in [0.29, 0.717) is 6.10 Å². The second kappa shape index (κ2) is 3.55. The van der Waals surface area contributed by atoms with Crippen LogP contribution in [0.3, 0.4) is 0 Å². The number of ether oxygens (including phenoxy) is 1. The van der Waals surface area contributed by atoms with E-state index in [4.69, 9.17) is 4.74 Å². The van der Waals surface area contributed by atoms with E-state index in [1.54, 1.807) is 0 Å². The molecular formula is C13H13NO. The lowest BCUT2D eigenvalue weighted by atomic mass is 10.1. The van der Waals surface area contributed by atoms with Gasteiger partial charge in [0.2, 0.25) is 0 Å². The summed E-state index contributed by atoms with van der Waals surface area (Å²) in [7, 11) is 0. The van der Waals surface area contributed by atoms with Crippen LogP contribution in [0, 0.1) is 0 Å². The van der Waals surface area contributed by atoms with Gasteiger partial charge in [-0.15, -0.1) is 0 Å². The third-order valence-electron chi connectivity index (χ3n) is 2.71. The van der Waals surface area contributed by atoms with Crippen molar-refractivity contribution in [3.8, 4) is 0 Å². The smallest absolute Gasteiger partial charge is 0.0981 e. The van der Waals surface area contributed by atoms with Gasteiger partial charge in [-0.05, 0) is 11.5 Å². The van der Waals surface area contributed by atoms with Gasteiger partial charge in [0.05, 0.1) is 12.7 Å². The topological polar surface area (TPSA) is 24.6 Å². The van der Waals surface area contributed by atoms with Gasteiger partial charge in [-0.1, -0.05) is 36.4 Å². The first-order valence-electron chi connectivity index (χ1n) is 5.27. The Balaban J connectivity index is 1.93. The molecule has 1 aliphatic rings. The molecule has 0 aromatic heterocycles. The Kier molecular flexibility index (Phi) is 2.07. The van der Waals surface area contributed by atoms with Gasteiger partial charge in [0, 0.05) is 17.6 Å². The summed E-state index contributed by atoms with van der Waals surface area (Å²) in [6.45, 7) is 1.81. The minimum atomic E-state index is 0.420. The largest absolute Gasteiger partial charge is 0.382 e. The van der Waals surface area contributed by atoms with E-state index in [1.165, 1.54) is 16.5 Å². The van der Waals surface area contributed by atoms with Crippen LogP contribution in [0.15, 0.2) is 42.5 Å². The molecule has 2 aromatic rings. The predicted molar refractivity (Wildman–Crippen MR) is 62.2 cm³/mol. The highest BCUT2D eigenvalue weighted by Gasteiger charge is 2.21. The number of anilines is 1.